The number of aliphatic hydroxyl groups excluding tert-OH is 1. The Labute approximate surface area is 126 Å². The number of carbonyl (C=O) groups excluding carboxylic acids is 2. The molecule has 2 amide bonds. The van der Waals surface area contributed by atoms with E-state index in [1.165, 1.54) is 4.90 Å². The van der Waals surface area contributed by atoms with Gasteiger partial charge >= 0.3 is 6.03 Å². The SMILES string of the molecule is CN(CCO)C(=O)NCC1(C)CC(N=C=O)CC(C)(C)C1. The van der Waals surface area contributed by atoms with Crippen LogP contribution in [0.25, 0.3) is 0 Å². The molecule has 2 unspecified atom stereocenters. The van der Waals surface area contributed by atoms with Gasteiger partial charge in [0.2, 0.25) is 6.08 Å². The van der Waals surface area contributed by atoms with E-state index in [0.717, 1.165) is 19.3 Å². The molecule has 2 atom stereocenters. The minimum Gasteiger partial charge on any atom is -0.395 e. The summed E-state index contributed by atoms with van der Waals surface area (Å²) in [4.78, 5) is 27.8. The van der Waals surface area contributed by atoms with Crippen LogP contribution in [0.2, 0.25) is 0 Å². The molecule has 1 rings (SSSR count). The Bertz CT molecular complexity index is 418. The van der Waals surface area contributed by atoms with Crippen LogP contribution in [0.1, 0.15) is 40.0 Å². The average Bonchev–Trinajstić information content (AvgIpc) is 2.34. The molecule has 1 saturated carbocycles. The summed E-state index contributed by atoms with van der Waals surface area (Å²) in [6, 6.07) is -0.215. The number of amides is 2. The van der Waals surface area contributed by atoms with Gasteiger partial charge in [-0.3, -0.25) is 0 Å². The lowest BCUT2D eigenvalue weighted by molar-refractivity contribution is 0.0833. The van der Waals surface area contributed by atoms with E-state index >= 15 is 0 Å². The number of nitrogens with one attached hydrogen (secondary N) is 1. The minimum absolute atomic E-state index is 0.0247. The second-order valence-corrected chi connectivity index (χ2v) is 7.24. The van der Waals surface area contributed by atoms with Crippen molar-refractivity contribution in [2.45, 2.75) is 46.1 Å². The molecule has 0 saturated heterocycles. The number of likely N-dealkylation sites (N-methyl/N-ethyl adjacent to an activating group) is 1. The van der Waals surface area contributed by atoms with Crippen LogP contribution in [0.5, 0.6) is 0 Å². The lowest BCUT2D eigenvalue weighted by Gasteiger charge is -2.45. The first-order chi connectivity index (χ1) is 9.71. The zero-order valence-electron chi connectivity index (χ0n) is 13.5. The molecule has 0 aromatic rings. The maximum Gasteiger partial charge on any atom is 0.317 e. The highest BCUT2D eigenvalue weighted by Gasteiger charge is 2.41. The fraction of sp³-hybridized carbons (Fsp3) is 0.867. The summed E-state index contributed by atoms with van der Waals surface area (Å²) in [5.41, 5.74) is -0.0117. The maximum atomic E-state index is 11.9. The third-order valence-corrected chi connectivity index (χ3v) is 4.11. The number of hydrogen-bond donors (Lipinski definition) is 2. The van der Waals surface area contributed by atoms with Gasteiger partial charge in [-0.25, -0.2) is 14.6 Å². The van der Waals surface area contributed by atoms with Gasteiger partial charge in [0.05, 0.1) is 12.6 Å². The average molecular weight is 297 g/mol. The van der Waals surface area contributed by atoms with Crippen LogP contribution in [-0.4, -0.2) is 54.9 Å². The van der Waals surface area contributed by atoms with E-state index in [2.05, 4.69) is 31.1 Å². The summed E-state index contributed by atoms with van der Waals surface area (Å²) in [5.74, 6) is 0. The molecule has 0 bridgehead atoms. The monoisotopic (exact) mass is 297 g/mol. The molecule has 21 heavy (non-hydrogen) atoms. The van der Waals surface area contributed by atoms with Crippen molar-refractivity contribution in [1.82, 2.24) is 10.2 Å². The molecule has 0 aromatic carbocycles. The van der Waals surface area contributed by atoms with Gasteiger partial charge in [0, 0.05) is 20.1 Å². The Morgan fingerprint density at radius 2 is 2.10 bits per heavy atom. The summed E-state index contributed by atoms with van der Waals surface area (Å²) in [6.45, 7) is 7.24. The first-order valence-corrected chi connectivity index (χ1v) is 7.38. The predicted molar refractivity (Wildman–Crippen MR) is 80.8 cm³/mol. The molecule has 1 aliphatic rings. The number of aliphatic hydroxyl groups is 1. The molecule has 0 heterocycles. The van der Waals surface area contributed by atoms with Gasteiger partial charge in [-0.15, -0.1) is 0 Å². The highest BCUT2D eigenvalue weighted by Crippen LogP contribution is 2.46. The van der Waals surface area contributed by atoms with E-state index in [4.69, 9.17) is 5.11 Å². The Morgan fingerprint density at radius 1 is 1.43 bits per heavy atom. The topological polar surface area (TPSA) is 82.0 Å². The Morgan fingerprint density at radius 3 is 2.67 bits per heavy atom. The fourth-order valence-electron chi connectivity index (χ4n) is 3.55. The van der Waals surface area contributed by atoms with Crippen molar-refractivity contribution in [1.29, 1.82) is 0 Å². The third-order valence-electron chi connectivity index (χ3n) is 4.11. The summed E-state index contributed by atoms with van der Waals surface area (Å²) >= 11 is 0. The van der Waals surface area contributed by atoms with E-state index < -0.39 is 0 Å². The predicted octanol–water partition coefficient (Wildman–Crippen LogP) is 1.54. The van der Waals surface area contributed by atoms with Crippen LogP contribution in [0.4, 0.5) is 4.79 Å². The molecule has 0 spiro atoms. The normalized spacial score (nSPS) is 27.6. The molecule has 0 radical (unpaired) electrons. The molecule has 2 N–H and O–H groups in total. The van der Waals surface area contributed by atoms with E-state index in [1.807, 2.05) is 0 Å². The molecular weight excluding hydrogens is 270 g/mol. The summed E-state index contributed by atoms with van der Waals surface area (Å²) < 4.78 is 0. The summed E-state index contributed by atoms with van der Waals surface area (Å²) in [7, 11) is 1.65. The van der Waals surface area contributed by atoms with Crippen LogP contribution in [0, 0.1) is 10.8 Å². The molecule has 0 aliphatic heterocycles. The van der Waals surface area contributed by atoms with Crippen molar-refractivity contribution in [2.24, 2.45) is 15.8 Å². The number of hydrogen-bond acceptors (Lipinski definition) is 4. The van der Waals surface area contributed by atoms with Crippen LogP contribution in [-0.2, 0) is 4.79 Å². The Hall–Kier alpha value is -1.39. The van der Waals surface area contributed by atoms with Gasteiger partial charge < -0.3 is 15.3 Å². The van der Waals surface area contributed by atoms with Gasteiger partial charge in [-0.1, -0.05) is 20.8 Å². The summed E-state index contributed by atoms with van der Waals surface area (Å²) in [6.07, 6.45) is 4.28. The number of aliphatic imine (C=N–C) groups is 1. The second kappa shape index (κ2) is 7.05. The van der Waals surface area contributed by atoms with Crippen molar-refractivity contribution >= 4 is 12.1 Å². The first kappa shape index (κ1) is 17.7. The second-order valence-electron chi connectivity index (χ2n) is 7.24. The van der Waals surface area contributed by atoms with E-state index in [9.17, 15) is 9.59 Å². The fourth-order valence-corrected chi connectivity index (χ4v) is 3.55. The quantitative estimate of drug-likeness (QED) is 0.596. The van der Waals surface area contributed by atoms with E-state index in [1.54, 1.807) is 13.1 Å². The highest BCUT2D eigenvalue weighted by atomic mass is 16.3. The van der Waals surface area contributed by atoms with Crippen LogP contribution in [0.15, 0.2) is 4.99 Å². The molecule has 6 heteroatoms. The third kappa shape index (κ3) is 5.48. The molecular formula is C15H27N3O3. The number of carbonyl (C=O) groups is 1. The Kier molecular flexibility index (Phi) is 5.93. The lowest BCUT2D eigenvalue weighted by atomic mass is 9.63. The molecule has 120 valence electrons. The van der Waals surface area contributed by atoms with E-state index in [0.29, 0.717) is 13.1 Å². The highest BCUT2D eigenvalue weighted by molar-refractivity contribution is 5.73. The van der Waals surface area contributed by atoms with Gasteiger partial charge in [-0.2, -0.15) is 0 Å². The lowest BCUT2D eigenvalue weighted by Crippen LogP contribution is -2.47. The van der Waals surface area contributed by atoms with Gasteiger partial charge in [0.25, 0.3) is 0 Å². The van der Waals surface area contributed by atoms with Gasteiger partial charge in [0.1, 0.15) is 0 Å². The van der Waals surface area contributed by atoms with Gasteiger partial charge in [0.15, 0.2) is 0 Å². The van der Waals surface area contributed by atoms with Crippen LogP contribution in [0.3, 0.4) is 0 Å². The van der Waals surface area contributed by atoms with Crippen LogP contribution < -0.4 is 5.32 Å². The smallest absolute Gasteiger partial charge is 0.317 e. The summed E-state index contributed by atoms with van der Waals surface area (Å²) in [5, 5.41) is 11.8. The number of isocyanates is 1. The molecule has 1 aliphatic carbocycles. The van der Waals surface area contributed by atoms with Gasteiger partial charge in [-0.05, 0) is 30.1 Å². The molecule has 0 aromatic heterocycles. The van der Waals surface area contributed by atoms with Crippen LogP contribution >= 0.6 is 0 Å². The van der Waals surface area contributed by atoms with Crippen molar-refractivity contribution in [3.63, 3.8) is 0 Å². The maximum absolute atomic E-state index is 11.9. The zero-order valence-corrected chi connectivity index (χ0v) is 13.5. The van der Waals surface area contributed by atoms with E-state index in [-0.39, 0.29) is 29.5 Å². The number of rotatable bonds is 5. The zero-order chi connectivity index (χ0) is 16.1. The van der Waals surface area contributed by atoms with Crippen molar-refractivity contribution in [3.05, 3.63) is 0 Å². The number of urea groups is 1. The van der Waals surface area contributed by atoms with Crippen molar-refractivity contribution in [2.75, 3.05) is 26.7 Å². The largest absolute Gasteiger partial charge is 0.395 e. The Balaban J connectivity index is 2.66. The van der Waals surface area contributed by atoms with Crippen molar-refractivity contribution in [3.8, 4) is 0 Å². The minimum atomic E-state index is -0.191. The standard InChI is InChI=1S/C15H27N3O3/c1-14(2)7-12(17-11-20)8-15(3,9-14)10-16-13(21)18(4)5-6-19/h12,19H,5-10H2,1-4H3,(H,16,21). The molecule has 1 fully saturated rings. The molecule has 6 nitrogen and oxygen atoms in total. The first-order valence-electron chi connectivity index (χ1n) is 7.38. The van der Waals surface area contributed by atoms with Crippen molar-refractivity contribution < 1.29 is 14.7 Å². The number of nitrogens with zero attached hydrogens (tertiary/aromatic N) is 2.